The zero-order chi connectivity index (χ0) is 14.0. The average Bonchev–Trinajstić information content (AvgIpc) is 2.39. The summed E-state index contributed by atoms with van der Waals surface area (Å²) in [5.41, 5.74) is 1.36. The average molecular weight is 282 g/mol. The SMILES string of the molecule is COC(=O)C(C)Cc1ccc2cc(F)c(Cl)cc2n1. The number of hydrogen-bond acceptors (Lipinski definition) is 3. The molecule has 2 aromatic rings. The minimum atomic E-state index is -0.466. The molecular weight excluding hydrogens is 269 g/mol. The fourth-order valence-corrected chi connectivity index (χ4v) is 2.03. The number of hydrogen-bond donors (Lipinski definition) is 0. The van der Waals surface area contributed by atoms with Gasteiger partial charge in [-0.05, 0) is 18.2 Å². The van der Waals surface area contributed by atoms with Gasteiger partial charge in [0.05, 0.1) is 23.6 Å². The number of carbonyl (C=O) groups is 1. The van der Waals surface area contributed by atoms with Crippen LogP contribution >= 0.6 is 11.6 Å². The molecule has 0 aliphatic carbocycles. The maximum Gasteiger partial charge on any atom is 0.308 e. The summed E-state index contributed by atoms with van der Waals surface area (Å²) in [4.78, 5) is 15.7. The molecule has 0 N–H and O–H groups in total. The smallest absolute Gasteiger partial charge is 0.308 e. The molecule has 0 aliphatic rings. The first-order chi connectivity index (χ1) is 9.01. The van der Waals surface area contributed by atoms with Crippen molar-refractivity contribution in [1.82, 2.24) is 4.98 Å². The summed E-state index contributed by atoms with van der Waals surface area (Å²) >= 11 is 5.73. The van der Waals surface area contributed by atoms with Crippen LogP contribution in [0.2, 0.25) is 5.02 Å². The van der Waals surface area contributed by atoms with E-state index in [9.17, 15) is 9.18 Å². The molecule has 0 radical (unpaired) electrons. The Morgan fingerprint density at radius 2 is 2.21 bits per heavy atom. The van der Waals surface area contributed by atoms with Crippen molar-refractivity contribution in [3.05, 3.63) is 40.8 Å². The predicted octanol–water partition coefficient (Wildman–Crippen LogP) is 3.38. The Morgan fingerprint density at radius 1 is 1.47 bits per heavy atom. The number of carbonyl (C=O) groups excluding carboxylic acids is 1. The van der Waals surface area contributed by atoms with Crippen LogP contribution in [0.5, 0.6) is 0 Å². The molecule has 0 amide bonds. The van der Waals surface area contributed by atoms with E-state index in [0.29, 0.717) is 17.3 Å². The minimum Gasteiger partial charge on any atom is -0.469 e. The first-order valence-corrected chi connectivity index (χ1v) is 6.21. The third-order valence-electron chi connectivity index (χ3n) is 2.91. The molecule has 5 heteroatoms. The van der Waals surface area contributed by atoms with Crippen molar-refractivity contribution in [2.75, 3.05) is 7.11 Å². The molecule has 0 saturated heterocycles. The lowest BCUT2D eigenvalue weighted by Gasteiger charge is -2.09. The molecule has 1 atom stereocenters. The summed E-state index contributed by atoms with van der Waals surface area (Å²) in [7, 11) is 1.36. The van der Waals surface area contributed by atoms with E-state index in [1.54, 1.807) is 19.1 Å². The van der Waals surface area contributed by atoms with Gasteiger partial charge in [0, 0.05) is 17.5 Å². The monoisotopic (exact) mass is 281 g/mol. The predicted molar refractivity (Wildman–Crippen MR) is 71.6 cm³/mol. The van der Waals surface area contributed by atoms with Gasteiger partial charge < -0.3 is 4.74 Å². The molecule has 1 aromatic heterocycles. The van der Waals surface area contributed by atoms with Crippen LogP contribution in [-0.2, 0) is 16.0 Å². The van der Waals surface area contributed by atoms with Gasteiger partial charge in [-0.3, -0.25) is 9.78 Å². The number of esters is 1. The lowest BCUT2D eigenvalue weighted by atomic mass is 10.0. The van der Waals surface area contributed by atoms with E-state index < -0.39 is 5.82 Å². The molecule has 19 heavy (non-hydrogen) atoms. The second-order valence-corrected chi connectivity index (χ2v) is 4.80. The van der Waals surface area contributed by atoms with Gasteiger partial charge in [-0.2, -0.15) is 0 Å². The van der Waals surface area contributed by atoms with Crippen molar-refractivity contribution >= 4 is 28.5 Å². The number of methoxy groups -OCH3 is 1. The molecular formula is C14H13ClFNO2. The maximum absolute atomic E-state index is 13.3. The fourth-order valence-electron chi connectivity index (χ4n) is 1.87. The van der Waals surface area contributed by atoms with Crippen molar-refractivity contribution in [1.29, 1.82) is 0 Å². The number of fused-ring (bicyclic) bond motifs is 1. The Bertz CT molecular complexity index is 630. The number of halogens is 2. The highest BCUT2D eigenvalue weighted by Crippen LogP contribution is 2.22. The first-order valence-electron chi connectivity index (χ1n) is 5.83. The number of benzene rings is 1. The van der Waals surface area contributed by atoms with Gasteiger partial charge in [0.25, 0.3) is 0 Å². The van der Waals surface area contributed by atoms with Gasteiger partial charge in [-0.1, -0.05) is 24.6 Å². The van der Waals surface area contributed by atoms with Crippen LogP contribution in [-0.4, -0.2) is 18.1 Å². The first kappa shape index (κ1) is 13.7. The molecule has 0 saturated carbocycles. The number of ether oxygens (including phenoxy) is 1. The summed E-state index contributed by atoms with van der Waals surface area (Å²) in [6.07, 6.45) is 0.470. The summed E-state index contributed by atoms with van der Waals surface area (Å²) in [5.74, 6) is -1.02. The summed E-state index contributed by atoms with van der Waals surface area (Å²) < 4.78 is 18.0. The summed E-state index contributed by atoms with van der Waals surface area (Å²) in [6.45, 7) is 1.77. The zero-order valence-corrected chi connectivity index (χ0v) is 11.4. The van der Waals surface area contributed by atoms with E-state index in [2.05, 4.69) is 9.72 Å². The van der Waals surface area contributed by atoms with Crippen LogP contribution in [0.25, 0.3) is 10.9 Å². The lowest BCUT2D eigenvalue weighted by molar-refractivity contribution is -0.144. The molecule has 3 nitrogen and oxygen atoms in total. The highest BCUT2D eigenvalue weighted by Gasteiger charge is 2.15. The van der Waals surface area contributed by atoms with Crippen molar-refractivity contribution in [2.24, 2.45) is 5.92 Å². The number of aromatic nitrogens is 1. The Labute approximate surface area is 115 Å². The largest absolute Gasteiger partial charge is 0.469 e. The quantitative estimate of drug-likeness (QED) is 0.810. The third-order valence-corrected chi connectivity index (χ3v) is 3.20. The minimum absolute atomic E-state index is 0.0400. The number of rotatable bonds is 3. The Hall–Kier alpha value is -1.68. The number of nitrogens with zero attached hydrogens (tertiary/aromatic N) is 1. The normalized spacial score (nSPS) is 12.4. The molecule has 100 valence electrons. The summed E-state index contributed by atoms with van der Waals surface area (Å²) in [6, 6.07) is 6.37. The Morgan fingerprint density at radius 3 is 2.89 bits per heavy atom. The molecule has 1 heterocycles. The molecule has 1 aromatic carbocycles. The van der Waals surface area contributed by atoms with Crippen LogP contribution in [0.4, 0.5) is 4.39 Å². The van der Waals surface area contributed by atoms with Crippen LogP contribution < -0.4 is 0 Å². The molecule has 1 unspecified atom stereocenters. The van der Waals surface area contributed by atoms with Crippen molar-refractivity contribution in [3.8, 4) is 0 Å². The zero-order valence-electron chi connectivity index (χ0n) is 10.6. The maximum atomic E-state index is 13.3. The molecule has 2 rings (SSSR count). The molecule has 0 bridgehead atoms. The van der Waals surface area contributed by atoms with E-state index >= 15 is 0 Å². The van der Waals surface area contributed by atoms with Crippen LogP contribution in [0, 0.1) is 11.7 Å². The second-order valence-electron chi connectivity index (χ2n) is 4.39. The van der Waals surface area contributed by atoms with Crippen molar-refractivity contribution < 1.29 is 13.9 Å². The number of pyridine rings is 1. The Balaban J connectivity index is 2.31. The van der Waals surface area contributed by atoms with E-state index in [4.69, 9.17) is 11.6 Å². The van der Waals surface area contributed by atoms with Gasteiger partial charge in [-0.25, -0.2) is 4.39 Å². The van der Waals surface area contributed by atoms with Crippen LogP contribution in [0.3, 0.4) is 0 Å². The highest BCUT2D eigenvalue weighted by atomic mass is 35.5. The standard InChI is InChI=1S/C14H13ClFNO2/c1-8(14(18)19-2)5-10-4-3-9-6-12(16)11(15)7-13(9)17-10/h3-4,6-8H,5H2,1-2H3. The van der Waals surface area contributed by atoms with Gasteiger partial charge in [0.2, 0.25) is 0 Å². The second kappa shape index (κ2) is 5.53. The van der Waals surface area contributed by atoms with Crippen molar-refractivity contribution in [3.63, 3.8) is 0 Å². The van der Waals surface area contributed by atoms with Crippen molar-refractivity contribution in [2.45, 2.75) is 13.3 Å². The van der Waals surface area contributed by atoms with Gasteiger partial charge in [0.1, 0.15) is 5.82 Å². The van der Waals surface area contributed by atoms with E-state index in [1.165, 1.54) is 19.2 Å². The highest BCUT2D eigenvalue weighted by molar-refractivity contribution is 6.31. The molecule has 0 spiro atoms. The third kappa shape index (κ3) is 3.01. The topological polar surface area (TPSA) is 39.2 Å². The van der Waals surface area contributed by atoms with E-state index in [0.717, 1.165) is 5.69 Å². The molecule has 0 fully saturated rings. The lowest BCUT2D eigenvalue weighted by Crippen LogP contribution is -2.15. The van der Waals surface area contributed by atoms with E-state index in [-0.39, 0.29) is 16.9 Å². The van der Waals surface area contributed by atoms with E-state index in [1.807, 2.05) is 0 Å². The fraction of sp³-hybridized carbons (Fsp3) is 0.286. The molecule has 0 aliphatic heterocycles. The van der Waals surface area contributed by atoms with Gasteiger partial charge >= 0.3 is 5.97 Å². The van der Waals surface area contributed by atoms with Gasteiger partial charge in [0.15, 0.2) is 0 Å². The Kier molecular flexibility index (Phi) is 4.00. The van der Waals surface area contributed by atoms with Crippen LogP contribution in [0.1, 0.15) is 12.6 Å². The van der Waals surface area contributed by atoms with Crippen LogP contribution in [0.15, 0.2) is 24.3 Å². The van der Waals surface area contributed by atoms with Gasteiger partial charge in [-0.15, -0.1) is 0 Å². The summed E-state index contributed by atoms with van der Waals surface area (Å²) in [5, 5.41) is 0.717.